The third-order valence-corrected chi connectivity index (χ3v) is 0.0430. The molecule has 0 aromatic carbocycles. The van der Waals surface area contributed by atoms with Crippen molar-refractivity contribution in [1.82, 2.24) is 0 Å². The second kappa shape index (κ2) is 8.91. The van der Waals surface area contributed by atoms with Gasteiger partial charge in [0.2, 0.25) is 0 Å². The molecule has 26 valence electrons. The van der Waals surface area contributed by atoms with E-state index >= 15 is 0 Å². The minimum absolute atomic E-state index is 0. The van der Waals surface area contributed by atoms with Gasteiger partial charge in [-0.2, -0.15) is 0 Å². The first-order valence-corrected chi connectivity index (χ1v) is 0.654. The molecule has 1 N–H and O–H groups in total. The Morgan fingerprint density at radius 2 is 2.00 bits per heavy atom. The molecule has 3 nitrogen and oxygen atoms in total. The molecule has 4 heteroatoms. The molecule has 0 radical (unpaired) electrons. The Kier molecular flexibility index (Phi) is 16.8. The minimum atomic E-state index is -0.0694. The van der Waals surface area contributed by atoms with Crippen LogP contribution in [0, 0.1) is 0 Å². The molecular formula is CH3KO3. The summed E-state index contributed by atoms with van der Waals surface area (Å²) in [4.78, 5) is 11.6. The zero-order valence-electron chi connectivity index (χ0n) is 1.84. The van der Waals surface area contributed by atoms with E-state index in [4.69, 9.17) is 10.1 Å². The maximum absolute atomic E-state index is 8.70. The summed E-state index contributed by atoms with van der Waals surface area (Å²) in [5.41, 5.74) is 0. The number of hydrogen-bond donors (Lipinski definition) is 1. The molecular weight excluding hydrogens is 99.1 g/mol. The van der Waals surface area contributed by atoms with Gasteiger partial charge in [0.05, 0.1) is 0 Å². The van der Waals surface area contributed by atoms with E-state index in [-0.39, 0.29) is 57.9 Å². The molecule has 0 unspecified atom stereocenters. The van der Waals surface area contributed by atoms with Gasteiger partial charge >= 0.3 is 57.9 Å². The summed E-state index contributed by atoms with van der Waals surface area (Å²) in [6.07, 6.45) is 0. The zero-order valence-corrected chi connectivity index (χ0v) is 1.84. The number of hydrogen-bond acceptors (Lipinski definition) is 3. The van der Waals surface area contributed by atoms with Gasteiger partial charge in [-0.05, 0) is 0 Å². The molecule has 0 amide bonds. The van der Waals surface area contributed by atoms with Gasteiger partial charge in [-0.15, -0.1) is 0 Å². The molecule has 0 saturated heterocycles. The van der Waals surface area contributed by atoms with Crippen molar-refractivity contribution in [2.75, 3.05) is 0 Å². The fraction of sp³-hybridized carbons (Fsp3) is 0. The topological polar surface area (TPSA) is 46.5 Å². The van der Waals surface area contributed by atoms with Crippen LogP contribution in [0.4, 0.5) is 0 Å². The number of rotatable bonds is 1. The van der Waals surface area contributed by atoms with Crippen LogP contribution in [-0.2, 0) is 9.68 Å². The average molecular weight is 102 g/mol. The molecule has 0 heterocycles. The summed E-state index contributed by atoms with van der Waals surface area (Å²) in [6.45, 7) is -0.0694. The van der Waals surface area contributed by atoms with Crippen molar-refractivity contribution in [3.8, 4) is 0 Å². The molecule has 0 aliphatic rings. The molecule has 0 aliphatic carbocycles. The third-order valence-electron chi connectivity index (χ3n) is 0.0430. The van der Waals surface area contributed by atoms with E-state index in [2.05, 4.69) is 4.89 Å². The van der Waals surface area contributed by atoms with Crippen LogP contribution in [0.2, 0.25) is 0 Å². The van der Waals surface area contributed by atoms with Crippen molar-refractivity contribution in [2.45, 2.75) is 0 Å². The van der Waals surface area contributed by atoms with Crippen LogP contribution >= 0.6 is 0 Å². The molecule has 0 atom stereocenters. The molecule has 0 aromatic heterocycles. The van der Waals surface area contributed by atoms with Crippen LogP contribution in [0.3, 0.4) is 0 Å². The Labute approximate surface area is 71.7 Å². The molecule has 0 rings (SSSR count). The van der Waals surface area contributed by atoms with Crippen LogP contribution in [0.5, 0.6) is 0 Å². The van der Waals surface area contributed by atoms with E-state index in [1.165, 1.54) is 0 Å². The monoisotopic (exact) mass is 102 g/mol. The van der Waals surface area contributed by atoms with Gasteiger partial charge in [-0.3, -0.25) is 4.79 Å². The van der Waals surface area contributed by atoms with Crippen molar-refractivity contribution in [3.63, 3.8) is 0 Å². The number of carbonyl (C=O) groups excluding carboxylic acids is 1. The Morgan fingerprint density at radius 1 is 1.80 bits per heavy atom. The van der Waals surface area contributed by atoms with E-state index in [1.54, 1.807) is 0 Å². The Balaban J connectivity index is 0. The van der Waals surface area contributed by atoms with E-state index < -0.39 is 0 Å². The number of carbonyl (C=O) groups is 1. The van der Waals surface area contributed by atoms with E-state index in [0.29, 0.717) is 0 Å². The third kappa shape index (κ3) is 11.2. The molecule has 0 spiro atoms. The quantitative estimate of drug-likeness (QED) is 0.199. The normalized spacial score (nSPS) is 4.20. The summed E-state index contributed by atoms with van der Waals surface area (Å²) in [6, 6.07) is 0. The molecule has 0 aliphatic heterocycles. The van der Waals surface area contributed by atoms with Gasteiger partial charge < -0.3 is 4.89 Å². The van der Waals surface area contributed by atoms with Gasteiger partial charge in [-0.1, -0.05) is 0 Å². The van der Waals surface area contributed by atoms with Crippen LogP contribution in [0.25, 0.3) is 0 Å². The summed E-state index contributed by atoms with van der Waals surface area (Å²) in [5, 5.41) is 7.01. The standard InChI is InChI=1S/CH2O3.K.H/c2-1-4-3;;/h1,3H;;. The van der Waals surface area contributed by atoms with Crippen molar-refractivity contribution in [3.05, 3.63) is 0 Å². The fourth-order valence-electron chi connectivity index (χ4n) is 0. The second-order valence-electron chi connectivity index (χ2n) is 0.202. The first kappa shape index (κ1) is 9.42. The van der Waals surface area contributed by atoms with Crippen molar-refractivity contribution < 1.29 is 14.9 Å². The predicted molar refractivity (Wildman–Crippen MR) is 16.9 cm³/mol. The van der Waals surface area contributed by atoms with E-state index in [9.17, 15) is 0 Å². The predicted octanol–water partition coefficient (Wildman–Crippen LogP) is -1.02. The molecule has 0 fully saturated rings. The van der Waals surface area contributed by atoms with Crippen LogP contribution in [0.1, 0.15) is 0 Å². The summed E-state index contributed by atoms with van der Waals surface area (Å²) < 4.78 is 0. The second-order valence-corrected chi connectivity index (χ2v) is 0.202. The van der Waals surface area contributed by atoms with Crippen molar-refractivity contribution >= 4 is 57.9 Å². The van der Waals surface area contributed by atoms with Gasteiger partial charge in [0.1, 0.15) is 0 Å². The Bertz CT molecular complexity index is 20.9. The van der Waals surface area contributed by atoms with Crippen molar-refractivity contribution in [2.24, 2.45) is 0 Å². The van der Waals surface area contributed by atoms with Crippen LogP contribution in [-0.4, -0.2) is 63.1 Å². The molecule has 0 aromatic rings. The van der Waals surface area contributed by atoms with E-state index in [1.807, 2.05) is 0 Å². The first-order valence-electron chi connectivity index (χ1n) is 0.654. The Hall–Kier alpha value is 1.07. The zero-order chi connectivity index (χ0) is 3.41. The summed E-state index contributed by atoms with van der Waals surface area (Å²) >= 11 is 0. The van der Waals surface area contributed by atoms with Crippen LogP contribution in [0.15, 0.2) is 0 Å². The van der Waals surface area contributed by atoms with E-state index in [0.717, 1.165) is 0 Å². The maximum atomic E-state index is 8.70. The van der Waals surface area contributed by atoms with Gasteiger partial charge in [0, 0.05) is 0 Å². The van der Waals surface area contributed by atoms with Crippen LogP contribution < -0.4 is 0 Å². The summed E-state index contributed by atoms with van der Waals surface area (Å²) in [5.74, 6) is 0. The summed E-state index contributed by atoms with van der Waals surface area (Å²) in [7, 11) is 0. The molecule has 5 heavy (non-hydrogen) atoms. The fourth-order valence-corrected chi connectivity index (χ4v) is 0. The molecule has 0 bridgehead atoms. The van der Waals surface area contributed by atoms with Crippen molar-refractivity contribution in [1.29, 1.82) is 0 Å². The molecule has 0 saturated carbocycles. The SMILES string of the molecule is O=COO.[KH]. The van der Waals surface area contributed by atoms with Gasteiger partial charge in [-0.25, -0.2) is 5.26 Å². The van der Waals surface area contributed by atoms with Gasteiger partial charge in [0.25, 0.3) is 0 Å². The Morgan fingerprint density at radius 3 is 2.00 bits per heavy atom. The first-order chi connectivity index (χ1) is 1.91. The average Bonchev–Trinajstić information content (AvgIpc) is 1.37. The van der Waals surface area contributed by atoms with Gasteiger partial charge in [0.15, 0.2) is 0 Å².